The summed E-state index contributed by atoms with van der Waals surface area (Å²) in [6, 6.07) is 3.94. The molecule has 3 nitrogen and oxygen atoms in total. The number of rotatable bonds is 3. The van der Waals surface area contributed by atoms with Crippen molar-refractivity contribution in [3.05, 3.63) is 29.6 Å². The van der Waals surface area contributed by atoms with Gasteiger partial charge in [-0.3, -0.25) is 4.79 Å². The second-order valence-corrected chi connectivity index (χ2v) is 3.92. The van der Waals surface area contributed by atoms with Gasteiger partial charge in [0, 0.05) is 18.3 Å². The van der Waals surface area contributed by atoms with Gasteiger partial charge in [0.1, 0.15) is 5.82 Å². The fraction of sp³-hybridized carbons (Fsp3) is 0.417. The Morgan fingerprint density at radius 2 is 2.12 bits per heavy atom. The molecule has 0 heterocycles. The SMILES string of the molecule is CCN(C(=O)c1ccc(F)cc1N)C(C)C. The Morgan fingerprint density at radius 1 is 1.50 bits per heavy atom. The van der Waals surface area contributed by atoms with Crippen LogP contribution in [0.2, 0.25) is 0 Å². The quantitative estimate of drug-likeness (QED) is 0.801. The van der Waals surface area contributed by atoms with E-state index in [1.54, 1.807) is 4.90 Å². The standard InChI is InChI=1S/C12H17FN2O/c1-4-15(8(2)3)12(16)10-6-5-9(13)7-11(10)14/h5-8H,4,14H2,1-3H3. The number of nitrogens with two attached hydrogens (primary N) is 1. The van der Waals surface area contributed by atoms with Crippen molar-refractivity contribution in [1.82, 2.24) is 4.90 Å². The summed E-state index contributed by atoms with van der Waals surface area (Å²) in [5.74, 6) is -0.586. The van der Waals surface area contributed by atoms with E-state index in [1.807, 2.05) is 20.8 Å². The predicted molar refractivity (Wildman–Crippen MR) is 62.7 cm³/mol. The van der Waals surface area contributed by atoms with Gasteiger partial charge in [-0.15, -0.1) is 0 Å². The van der Waals surface area contributed by atoms with Crippen molar-refractivity contribution in [2.45, 2.75) is 26.8 Å². The minimum Gasteiger partial charge on any atom is -0.398 e. The molecule has 0 aliphatic rings. The van der Waals surface area contributed by atoms with Crippen LogP contribution >= 0.6 is 0 Å². The molecule has 0 saturated heterocycles. The van der Waals surface area contributed by atoms with Crippen LogP contribution in [0.25, 0.3) is 0 Å². The van der Waals surface area contributed by atoms with Gasteiger partial charge in [0.25, 0.3) is 5.91 Å². The zero-order valence-corrected chi connectivity index (χ0v) is 9.83. The van der Waals surface area contributed by atoms with Crippen molar-refractivity contribution in [3.8, 4) is 0 Å². The summed E-state index contributed by atoms with van der Waals surface area (Å²) in [5.41, 5.74) is 6.17. The van der Waals surface area contributed by atoms with Crippen molar-refractivity contribution in [2.24, 2.45) is 0 Å². The molecule has 1 aromatic rings. The maximum atomic E-state index is 12.8. The number of nitrogens with zero attached hydrogens (tertiary/aromatic N) is 1. The van der Waals surface area contributed by atoms with Crippen LogP contribution in [-0.2, 0) is 0 Å². The lowest BCUT2D eigenvalue weighted by atomic mass is 10.1. The van der Waals surface area contributed by atoms with Crippen LogP contribution in [0.15, 0.2) is 18.2 Å². The average molecular weight is 224 g/mol. The van der Waals surface area contributed by atoms with Crippen molar-refractivity contribution in [3.63, 3.8) is 0 Å². The van der Waals surface area contributed by atoms with E-state index in [0.717, 1.165) is 0 Å². The second-order valence-electron chi connectivity index (χ2n) is 3.92. The number of anilines is 1. The van der Waals surface area contributed by atoms with Crippen LogP contribution in [0.3, 0.4) is 0 Å². The molecule has 0 spiro atoms. The van der Waals surface area contributed by atoms with Crippen molar-refractivity contribution >= 4 is 11.6 Å². The molecule has 4 heteroatoms. The van der Waals surface area contributed by atoms with Crippen LogP contribution in [0.1, 0.15) is 31.1 Å². The monoisotopic (exact) mass is 224 g/mol. The van der Waals surface area contributed by atoms with Crippen LogP contribution in [0, 0.1) is 5.82 Å². The summed E-state index contributed by atoms with van der Waals surface area (Å²) in [7, 11) is 0. The molecule has 0 bridgehead atoms. The lowest BCUT2D eigenvalue weighted by molar-refractivity contribution is 0.0718. The molecule has 0 radical (unpaired) electrons. The highest BCUT2D eigenvalue weighted by molar-refractivity contribution is 5.99. The molecule has 0 saturated carbocycles. The van der Waals surface area contributed by atoms with Gasteiger partial charge in [0.15, 0.2) is 0 Å². The highest BCUT2D eigenvalue weighted by Crippen LogP contribution is 2.16. The van der Waals surface area contributed by atoms with E-state index in [9.17, 15) is 9.18 Å². The van der Waals surface area contributed by atoms with Gasteiger partial charge in [-0.25, -0.2) is 4.39 Å². The molecule has 0 aromatic heterocycles. The van der Waals surface area contributed by atoms with E-state index in [0.29, 0.717) is 12.1 Å². The Balaban J connectivity index is 3.04. The molecule has 16 heavy (non-hydrogen) atoms. The number of halogens is 1. The number of amides is 1. The molecule has 1 rings (SSSR count). The number of nitrogen functional groups attached to an aromatic ring is 1. The molecule has 0 fully saturated rings. The maximum Gasteiger partial charge on any atom is 0.256 e. The maximum absolute atomic E-state index is 12.8. The summed E-state index contributed by atoms with van der Waals surface area (Å²) in [6.45, 7) is 6.37. The summed E-state index contributed by atoms with van der Waals surface area (Å²) in [6.07, 6.45) is 0. The average Bonchev–Trinajstić information content (AvgIpc) is 2.17. The lowest BCUT2D eigenvalue weighted by Gasteiger charge is -2.25. The fourth-order valence-electron chi connectivity index (χ4n) is 1.63. The first-order valence-electron chi connectivity index (χ1n) is 5.33. The number of benzene rings is 1. The summed E-state index contributed by atoms with van der Waals surface area (Å²) < 4.78 is 12.8. The number of carbonyl (C=O) groups excluding carboxylic acids is 1. The molecule has 88 valence electrons. The molecule has 1 aromatic carbocycles. The fourth-order valence-corrected chi connectivity index (χ4v) is 1.63. The Kier molecular flexibility index (Phi) is 3.88. The van der Waals surface area contributed by atoms with Gasteiger partial charge in [-0.2, -0.15) is 0 Å². The van der Waals surface area contributed by atoms with Crippen LogP contribution in [0.5, 0.6) is 0 Å². The lowest BCUT2D eigenvalue weighted by Crippen LogP contribution is -2.37. The van der Waals surface area contributed by atoms with Crippen LogP contribution in [-0.4, -0.2) is 23.4 Å². The highest BCUT2D eigenvalue weighted by atomic mass is 19.1. The summed E-state index contributed by atoms with van der Waals surface area (Å²) in [5, 5.41) is 0. The third-order valence-corrected chi connectivity index (χ3v) is 2.47. The zero-order valence-electron chi connectivity index (χ0n) is 9.83. The molecule has 0 aliphatic heterocycles. The summed E-state index contributed by atoms with van der Waals surface area (Å²) in [4.78, 5) is 13.8. The van der Waals surface area contributed by atoms with E-state index in [1.165, 1.54) is 18.2 Å². The van der Waals surface area contributed by atoms with E-state index >= 15 is 0 Å². The molecular weight excluding hydrogens is 207 g/mol. The molecule has 1 amide bonds. The first-order valence-corrected chi connectivity index (χ1v) is 5.33. The molecule has 2 N–H and O–H groups in total. The van der Waals surface area contributed by atoms with Gasteiger partial charge in [-0.1, -0.05) is 0 Å². The second kappa shape index (κ2) is 4.96. The third kappa shape index (κ3) is 2.51. The Morgan fingerprint density at radius 3 is 2.56 bits per heavy atom. The van der Waals surface area contributed by atoms with E-state index in [2.05, 4.69) is 0 Å². The van der Waals surface area contributed by atoms with Gasteiger partial charge >= 0.3 is 0 Å². The largest absolute Gasteiger partial charge is 0.398 e. The topological polar surface area (TPSA) is 46.3 Å². The van der Waals surface area contributed by atoms with Crippen molar-refractivity contribution in [1.29, 1.82) is 0 Å². The summed E-state index contributed by atoms with van der Waals surface area (Å²) >= 11 is 0. The van der Waals surface area contributed by atoms with Crippen molar-refractivity contribution < 1.29 is 9.18 Å². The Labute approximate surface area is 95.0 Å². The third-order valence-electron chi connectivity index (χ3n) is 2.47. The molecule has 0 aliphatic carbocycles. The van der Waals surface area contributed by atoms with Gasteiger partial charge < -0.3 is 10.6 Å². The Bertz CT molecular complexity index is 391. The molecule has 0 unspecified atom stereocenters. The van der Waals surface area contributed by atoms with E-state index in [-0.39, 0.29) is 17.6 Å². The van der Waals surface area contributed by atoms with Gasteiger partial charge in [0.2, 0.25) is 0 Å². The van der Waals surface area contributed by atoms with Crippen LogP contribution in [0.4, 0.5) is 10.1 Å². The molecular formula is C12H17FN2O. The number of hydrogen-bond acceptors (Lipinski definition) is 2. The van der Waals surface area contributed by atoms with E-state index < -0.39 is 5.82 Å². The Hall–Kier alpha value is -1.58. The zero-order chi connectivity index (χ0) is 12.3. The molecule has 0 atom stereocenters. The van der Waals surface area contributed by atoms with Crippen LogP contribution < -0.4 is 5.73 Å². The highest BCUT2D eigenvalue weighted by Gasteiger charge is 2.19. The minimum absolute atomic E-state index is 0.0990. The first kappa shape index (κ1) is 12.5. The number of hydrogen-bond donors (Lipinski definition) is 1. The number of carbonyl (C=O) groups is 1. The van der Waals surface area contributed by atoms with Gasteiger partial charge in [0.05, 0.1) is 5.56 Å². The first-order chi connectivity index (χ1) is 7.47. The smallest absolute Gasteiger partial charge is 0.256 e. The minimum atomic E-state index is -0.429. The van der Waals surface area contributed by atoms with Gasteiger partial charge in [-0.05, 0) is 39.0 Å². The predicted octanol–water partition coefficient (Wildman–Crippen LogP) is 2.28. The van der Waals surface area contributed by atoms with Crippen molar-refractivity contribution in [2.75, 3.05) is 12.3 Å². The van der Waals surface area contributed by atoms with E-state index in [4.69, 9.17) is 5.73 Å². The normalized spacial score (nSPS) is 10.6.